The predicted molar refractivity (Wildman–Crippen MR) is 53.5 cm³/mol. The quantitative estimate of drug-likeness (QED) is 0.348. The van der Waals surface area contributed by atoms with Gasteiger partial charge in [-0.15, -0.1) is 0 Å². The molecule has 68 valence electrons. The molecular weight excluding hydrogens is 233 g/mol. The molecule has 1 rings (SSSR count). The summed E-state index contributed by atoms with van der Waals surface area (Å²) in [4.78, 5) is 10.2. The first kappa shape index (κ1) is 9.96. The molecule has 4 heteroatoms. The van der Waals surface area contributed by atoms with Gasteiger partial charge in [0.25, 0.3) is 0 Å². The Hall–Kier alpha value is -1.12. The van der Waals surface area contributed by atoms with Crippen LogP contribution in [0.15, 0.2) is 36.9 Å². The number of nitrogens with zero attached hydrogens (tertiary/aromatic N) is 1. The summed E-state index contributed by atoms with van der Waals surface area (Å²) < 4.78 is 0.833. The number of nitro groups is 1. The van der Waals surface area contributed by atoms with Crippen LogP contribution in [0.3, 0.4) is 0 Å². The second-order valence-corrected chi connectivity index (χ2v) is 4.55. The fraction of sp³-hybridized carbons (Fsp3) is 0.111. The first-order chi connectivity index (χ1) is 6.25. The van der Waals surface area contributed by atoms with Crippen LogP contribution in [-0.2, 0) is 0 Å². The molecule has 0 aliphatic rings. The molecular formula is C9H9NO2Se. The first-order valence-corrected chi connectivity index (χ1v) is 5.79. The normalized spacial score (nSPS) is 9.54. The van der Waals surface area contributed by atoms with E-state index < -0.39 is 0 Å². The summed E-state index contributed by atoms with van der Waals surface area (Å²) in [6.07, 6.45) is 1.79. The van der Waals surface area contributed by atoms with Crippen LogP contribution < -0.4 is 4.46 Å². The molecule has 0 bridgehead atoms. The van der Waals surface area contributed by atoms with Crippen molar-refractivity contribution in [3.8, 4) is 0 Å². The van der Waals surface area contributed by atoms with E-state index in [2.05, 4.69) is 6.58 Å². The number of allylic oxidation sites excluding steroid dienone is 1. The van der Waals surface area contributed by atoms with Gasteiger partial charge in [-0.1, -0.05) is 0 Å². The van der Waals surface area contributed by atoms with Crippen molar-refractivity contribution < 1.29 is 4.92 Å². The van der Waals surface area contributed by atoms with Crippen molar-refractivity contribution in [1.29, 1.82) is 0 Å². The van der Waals surface area contributed by atoms with Gasteiger partial charge < -0.3 is 0 Å². The van der Waals surface area contributed by atoms with Gasteiger partial charge in [-0.25, -0.2) is 0 Å². The summed E-state index contributed by atoms with van der Waals surface area (Å²) in [6.45, 7) is 3.60. The van der Waals surface area contributed by atoms with Crippen LogP contribution in [0.5, 0.6) is 0 Å². The third-order valence-corrected chi connectivity index (χ3v) is 3.64. The third-order valence-electron chi connectivity index (χ3n) is 1.42. The molecule has 1 aromatic carbocycles. The molecule has 0 amide bonds. The summed E-state index contributed by atoms with van der Waals surface area (Å²) in [5, 5.41) is 11.4. The standard InChI is InChI=1S/C9H9NO2Se/c1-2-7-13-9-6-4-3-5-8(9)10(11)12/h2-6H,1,7H2. The molecule has 1 aromatic rings. The Morgan fingerprint density at radius 2 is 2.23 bits per heavy atom. The van der Waals surface area contributed by atoms with Gasteiger partial charge in [0, 0.05) is 0 Å². The van der Waals surface area contributed by atoms with Crippen LogP contribution >= 0.6 is 0 Å². The van der Waals surface area contributed by atoms with Gasteiger partial charge in [-0.05, 0) is 0 Å². The van der Waals surface area contributed by atoms with Crippen molar-refractivity contribution in [2.45, 2.75) is 5.32 Å². The number of nitro benzene ring substituents is 1. The van der Waals surface area contributed by atoms with Crippen molar-refractivity contribution in [3.05, 3.63) is 47.0 Å². The van der Waals surface area contributed by atoms with Gasteiger partial charge in [0.2, 0.25) is 0 Å². The molecule has 0 unspecified atom stereocenters. The fourth-order valence-corrected chi connectivity index (χ4v) is 2.48. The molecule has 0 fully saturated rings. The van der Waals surface area contributed by atoms with Crippen molar-refractivity contribution in [2.24, 2.45) is 0 Å². The number of hydrogen-bond acceptors (Lipinski definition) is 2. The molecule has 0 spiro atoms. The molecule has 0 radical (unpaired) electrons. The Kier molecular flexibility index (Phi) is 3.68. The molecule has 0 aliphatic heterocycles. The van der Waals surface area contributed by atoms with Gasteiger partial charge in [-0.3, -0.25) is 0 Å². The molecule has 0 atom stereocenters. The van der Waals surface area contributed by atoms with E-state index in [9.17, 15) is 10.1 Å². The van der Waals surface area contributed by atoms with Crippen LogP contribution in [-0.4, -0.2) is 19.9 Å². The molecule has 13 heavy (non-hydrogen) atoms. The maximum absolute atomic E-state index is 10.6. The molecule has 0 N–H and O–H groups in total. The van der Waals surface area contributed by atoms with Crippen LogP contribution in [0, 0.1) is 10.1 Å². The van der Waals surface area contributed by atoms with Crippen molar-refractivity contribution in [3.63, 3.8) is 0 Å². The Morgan fingerprint density at radius 1 is 1.54 bits per heavy atom. The van der Waals surface area contributed by atoms with Crippen LogP contribution in [0.25, 0.3) is 0 Å². The molecule has 0 heterocycles. The summed E-state index contributed by atoms with van der Waals surface area (Å²) in [6, 6.07) is 6.86. The minimum atomic E-state index is -0.333. The van der Waals surface area contributed by atoms with E-state index in [1.807, 2.05) is 12.1 Å². The second-order valence-electron chi connectivity index (χ2n) is 2.32. The van der Waals surface area contributed by atoms with E-state index in [-0.39, 0.29) is 25.6 Å². The molecule has 0 saturated carbocycles. The van der Waals surface area contributed by atoms with Crippen molar-refractivity contribution in [1.82, 2.24) is 0 Å². The zero-order valence-corrected chi connectivity index (χ0v) is 8.69. The number of rotatable bonds is 4. The van der Waals surface area contributed by atoms with Gasteiger partial charge in [0.15, 0.2) is 0 Å². The Morgan fingerprint density at radius 3 is 2.85 bits per heavy atom. The predicted octanol–water partition coefficient (Wildman–Crippen LogP) is 1.53. The zero-order chi connectivity index (χ0) is 9.68. The molecule has 3 nitrogen and oxygen atoms in total. The molecule has 0 saturated heterocycles. The number of para-hydroxylation sites is 1. The minimum absolute atomic E-state index is 0.130. The van der Waals surface area contributed by atoms with Gasteiger partial charge in [0.05, 0.1) is 0 Å². The Balaban J connectivity index is 2.90. The van der Waals surface area contributed by atoms with E-state index in [0.717, 1.165) is 9.78 Å². The number of benzene rings is 1. The Labute approximate surface area is 82.8 Å². The van der Waals surface area contributed by atoms with Gasteiger partial charge in [-0.2, -0.15) is 0 Å². The maximum atomic E-state index is 10.6. The van der Waals surface area contributed by atoms with Gasteiger partial charge >= 0.3 is 82.4 Å². The monoisotopic (exact) mass is 243 g/mol. The van der Waals surface area contributed by atoms with Crippen molar-refractivity contribution >= 4 is 25.1 Å². The topological polar surface area (TPSA) is 43.1 Å². The molecule has 0 aliphatic carbocycles. The average molecular weight is 242 g/mol. The van der Waals surface area contributed by atoms with E-state index in [1.54, 1.807) is 18.2 Å². The van der Waals surface area contributed by atoms with E-state index in [4.69, 9.17) is 0 Å². The van der Waals surface area contributed by atoms with Gasteiger partial charge in [0.1, 0.15) is 0 Å². The van der Waals surface area contributed by atoms with Crippen molar-refractivity contribution in [2.75, 3.05) is 0 Å². The zero-order valence-electron chi connectivity index (χ0n) is 6.97. The number of hydrogen-bond donors (Lipinski definition) is 0. The van der Waals surface area contributed by atoms with Crippen LogP contribution in [0.2, 0.25) is 5.32 Å². The van der Waals surface area contributed by atoms with E-state index in [1.165, 1.54) is 0 Å². The van der Waals surface area contributed by atoms with Crippen LogP contribution in [0.4, 0.5) is 5.69 Å². The summed E-state index contributed by atoms with van der Waals surface area (Å²) >= 11 is 0.130. The van der Waals surface area contributed by atoms with E-state index in [0.29, 0.717) is 0 Å². The Bertz CT molecular complexity index is 325. The second kappa shape index (κ2) is 4.80. The summed E-state index contributed by atoms with van der Waals surface area (Å²) in [5.41, 5.74) is 0.226. The third kappa shape index (κ3) is 2.68. The van der Waals surface area contributed by atoms with Crippen LogP contribution in [0.1, 0.15) is 0 Å². The summed E-state index contributed by atoms with van der Waals surface area (Å²) in [5.74, 6) is 0. The first-order valence-electron chi connectivity index (χ1n) is 3.73. The van der Waals surface area contributed by atoms with E-state index >= 15 is 0 Å². The average Bonchev–Trinajstić information content (AvgIpc) is 2.15. The summed E-state index contributed by atoms with van der Waals surface area (Å²) in [7, 11) is 0. The molecule has 0 aromatic heterocycles. The fourth-order valence-electron chi connectivity index (χ4n) is 0.879. The SMILES string of the molecule is C=CC[Se]c1ccccc1[N+](=O)[O-].